The number of amides is 1. The molecule has 4 aromatic rings. The Morgan fingerprint density at radius 1 is 1.20 bits per heavy atom. The molecular weight excluding hydrogens is 539 g/mol. The molecule has 1 amide bonds. The third kappa shape index (κ3) is 4.42. The number of rotatable bonds is 8. The molecule has 1 aromatic carbocycles. The third-order valence-corrected chi connectivity index (χ3v) is 9.00. The van der Waals surface area contributed by atoms with E-state index in [-0.39, 0.29) is 18.6 Å². The van der Waals surface area contributed by atoms with Crippen molar-refractivity contribution in [3.05, 3.63) is 68.4 Å². The van der Waals surface area contributed by atoms with Crippen molar-refractivity contribution in [3.8, 4) is 10.8 Å². The van der Waals surface area contributed by atoms with Crippen molar-refractivity contribution in [2.45, 2.75) is 57.9 Å². The number of aryl methyl sites for hydroxylation is 1. The van der Waals surface area contributed by atoms with Gasteiger partial charge in [-0.05, 0) is 50.3 Å². The first-order valence-corrected chi connectivity index (χ1v) is 14.0. The number of hydrogen-bond donors (Lipinski definition) is 1. The van der Waals surface area contributed by atoms with E-state index in [1.165, 1.54) is 58.4 Å². The van der Waals surface area contributed by atoms with Crippen LogP contribution >= 0.6 is 11.3 Å². The van der Waals surface area contributed by atoms with Crippen LogP contribution in [0.15, 0.2) is 40.2 Å². The number of thiophene rings is 1. The van der Waals surface area contributed by atoms with Crippen LogP contribution in [0.1, 0.15) is 49.5 Å². The van der Waals surface area contributed by atoms with Gasteiger partial charge in [0.15, 0.2) is 0 Å². The van der Waals surface area contributed by atoms with Crippen LogP contribution in [0.3, 0.4) is 0 Å². The Morgan fingerprint density at radius 3 is 2.60 bits per heavy atom. The lowest BCUT2D eigenvalue weighted by Gasteiger charge is -2.36. The van der Waals surface area contributed by atoms with Gasteiger partial charge in [0.2, 0.25) is 5.91 Å². The summed E-state index contributed by atoms with van der Waals surface area (Å²) in [5.41, 5.74) is -0.123. The highest BCUT2D eigenvalue weighted by molar-refractivity contribution is 7.21. The molecule has 0 radical (unpaired) electrons. The maximum Gasteiger partial charge on any atom is 0.332 e. The number of aromatic nitrogens is 5. The lowest BCUT2D eigenvalue weighted by Crippen LogP contribution is -2.45. The summed E-state index contributed by atoms with van der Waals surface area (Å²) in [4.78, 5) is 42.4. The highest BCUT2D eigenvalue weighted by Crippen LogP contribution is 2.38. The summed E-state index contributed by atoms with van der Waals surface area (Å²) in [6, 6.07) is 3.26. The van der Waals surface area contributed by atoms with Crippen LogP contribution in [-0.4, -0.2) is 49.8 Å². The minimum absolute atomic E-state index is 0.0272. The molecule has 1 aliphatic heterocycles. The van der Waals surface area contributed by atoms with Gasteiger partial charge in [-0.25, -0.2) is 13.8 Å². The highest BCUT2D eigenvalue weighted by atomic mass is 32.1. The van der Waals surface area contributed by atoms with Crippen LogP contribution in [0.2, 0.25) is 0 Å². The van der Waals surface area contributed by atoms with Crippen molar-refractivity contribution in [2.75, 3.05) is 13.7 Å². The molecule has 13 heteroatoms. The van der Waals surface area contributed by atoms with Gasteiger partial charge >= 0.3 is 5.69 Å². The van der Waals surface area contributed by atoms with Crippen LogP contribution in [0.5, 0.6) is 5.75 Å². The molecule has 11 nitrogen and oxygen atoms in total. The minimum atomic E-state index is -0.934. The quantitative estimate of drug-likeness (QED) is 0.347. The van der Waals surface area contributed by atoms with E-state index in [9.17, 15) is 18.8 Å². The fourth-order valence-corrected chi connectivity index (χ4v) is 6.86. The Morgan fingerprint density at radius 2 is 1.95 bits per heavy atom. The monoisotopic (exact) mass is 568 g/mol. The molecule has 1 saturated carbocycles. The van der Waals surface area contributed by atoms with Gasteiger partial charge in [-0.2, -0.15) is 10.2 Å². The number of halogens is 1. The summed E-state index contributed by atoms with van der Waals surface area (Å²) in [6.45, 7) is 4.24. The first kappa shape index (κ1) is 26.4. The summed E-state index contributed by atoms with van der Waals surface area (Å²) in [6.07, 6.45) is 4.21. The summed E-state index contributed by atoms with van der Waals surface area (Å²) in [5, 5.41) is 12.0. The predicted molar refractivity (Wildman–Crippen MR) is 146 cm³/mol. The zero-order valence-corrected chi connectivity index (χ0v) is 23.1. The predicted octanol–water partition coefficient (Wildman–Crippen LogP) is 2.88. The molecule has 1 N–H and O–H groups in total. The van der Waals surface area contributed by atoms with Crippen molar-refractivity contribution >= 4 is 27.5 Å². The van der Waals surface area contributed by atoms with Crippen LogP contribution in [0.25, 0.3) is 15.2 Å². The Bertz CT molecular complexity index is 1700. The Hall–Kier alpha value is -3.84. The van der Waals surface area contributed by atoms with Gasteiger partial charge in [-0.1, -0.05) is 18.3 Å². The SMILES string of the molecule is COc1ccc(F)cc1[C@H](Cn1c(=O)n([C@@H]2CCNC2=O)c(=O)c2c(C)c(-n3nccn3)sc21)OC1CC(C)C1. The minimum Gasteiger partial charge on any atom is -0.496 e. The van der Waals surface area contributed by atoms with Crippen molar-refractivity contribution in [1.82, 2.24) is 29.4 Å². The molecule has 0 spiro atoms. The van der Waals surface area contributed by atoms with E-state index in [4.69, 9.17) is 9.47 Å². The third-order valence-electron chi connectivity index (χ3n) is 7.72. The van der Waals surface area contributed by atoms with Gasteiger partial charge in [0, 0.05) is 17.7 Å². The van der Waals surface area contributed by atoms with Crippen molar-refractivity contribution in [2.24, 2.45) is 5.92 Å². The number of nitrogens with zero attached hydrogens (tertiary/aromatic N) is 5. The molecule has 3 aromatic heterocycles. The molecule has 4 heterocycles. The van der Waals surface area contributed by atoms with Crippen molar-refractivity contribution < 1.29 is 18.7 Å². The molecule has 2 aliphatic rings. The van der Waals surface area contributed by atoms with Gasteiger partial charge in [-0.15, -0.1) is 4.80 Å². The highest BCUT2D eigenvalue weighted by Gasteiger charge is 2.34. The van der Waals surface area contributed by atoms with Gasteiger partial charge in [-0.3, -0.25) is 14.2 Å². The van der Waals surface area contributed by atoms with E-state index >= 15 is 0 Å². The lowest BCUT2D eigenvalue weighted by atomic mass is 9.84. The van der Waals surface area contributed by atoms with E-state index in [1.54, 1.807) is 6.92 Å². The summed E-state index contributed by atoms with van der Waals surface area (Å²) >= 11 is 1.20. The Balaban J connectivity index is 1.57. The maximum atomic E-state index is 14.5. The molecule has 2 fully saturated rings. The summed E-state index contributed by atoms with van der Waals surface area (Å²) in [5.74, 6) is 0.0853. The van der Waals surface area contributed by atoms with E-state index in [0.717, 1.165) is 17.4 Å². The summed E-state index contributed by atoms with van der Waals surface area (Å²) < 4.78 is 29.0. The van der Waals surface area contributed by atoms with Crippen molar-refractivity contribution in [3.63, 3.8) is 0 Å². The average Bonchev–Trinajstić information content (AvgIpc) is 3.66. The second-order valence-electron chi connectivity index (χ2n) is 10.4. The zero-order valence-electron chi connectivity index (χ0n) is 22.3. The van der Waals surface area contributed by atoms with E-state index in [0.29, 0.717) is 51.0 Å². The van der Waals surface area contributed by atoms with E-state index < -0.39 is 29.2 Å². The van der Waals surface area contributed by atoms with E-state index in [2.05, 4.69) is 22.4 Å². The molecule has 0 unspecified atom stereocenters. The molecule has 6 rings (SSSR count). The fourth-order valence-electron chi connectivity index (χ4n) is 5.64. The number of nitrogens with one attached hydrogen (secondary N) is 1. The van der Waals surface area contributed by atoms with E-state index in [1.807, 2.05) is 0 Å². The van der Waals surface area contributed by atoms with Gasteiger partial charge in [0.1, 0.15) is 33.5 Å². The largest absolute Gasteiger partial charge is 0.496 e. The standard InChI is InChI=1S/C27H29FN6O5S/c1-14-10-17(11-14)39-21(18-12-16(28)4-5-20(18)38-3)13-32-26-22(15(2)25(40-26)34-30-8-9-31-34)24(36)33(27(32)37)19-6-7-29-23(19)35/h4-5,8-9,12,14,17,19,21H,6-7,10-11,13H2,1-3H3,(H,29,35)/t14?,17?,19-,21+/m1/s1. The van der Waals surface area contributed by atoms with Gasteiger partial charge < -0.3 is 14.8 Å². The van der Waals surface area contributed by atoms with Gasteiger partial charge in [0.25, 0.3) is 5.56 Å². The summed E-state index contributed by atoms with van der Waals surface area (Å²) in [7, 11) is 1.49. The Labute approximate surface area is 232 Å². The number of carbonyl (C=O) groups is 1. The maximum absolute atomic E-state index is 14.5. The van der Waals surface area contributed by atoms with Crippen LogP contribution in [-0.2, 0) is 16.1 Å². The number of methoxy groups -OCH3 is 1. The second kappa shape index (κ2) is 10.3. The fraction of sp³-hybridized carbons (Fsp3) is 0.444. The molecule has 40 heavy (non-hydrogen) atoms. The molecule has 1 saturated heterocycles. The normalized spacial score (nSPS) is 21.4. The molecular formula is C27H29FN6O5S. The number of hydrogen-bond acceptors (Lipinski definition) is 8. The molecule has 1 aliphatic carbocycles. The second-order valence-corrected chi connectivity index (χ2v) is 11.4. The smallest absolute Gasteiger partial charge is 0.332 e. The lowest BCUT2D eigenvalue weighted by molar-refractivity contribution is -0.122. The number of carbonyl (C=O) groups excluding carboxylic acids is 1. The molecule has 210 valence electrons. The number of benzene rings is 1. The number of fused-ring (bicyclic) bond motifs is 1. The van der Waals surface area contributed by atoms with Gasteiger partial charge in [0.05, 0.1) is 37.5 Å². The first-order chi connectivity index (χ1) is 19.3. The van der Waals surface area contributed by atoms with Crippen molar-refractivity contribution in [1.29, 1.82) is 0 Å². The van der Waals surface area contributed by atoms with Crippen LogP contribution in [0, 0.1) is 18.7 Å². The van der Waals surface area contributed by atoms with Crippen LogP contribution in [0.4, 0.5) is 4.39 Å². The Kier molecular flexibility index (Phi) is 6.78. The first-order valence-electron chi connectivity index (χ1n) is 13.2. The average molecular weight is 569 g/mol. The van der Waals surface area contributed by atoms with Crippen LogP contribution < -0.4 is 21.3 Å². The molecule has 2 atom stereocenters. The number of ether oxygens (including phenoxy) is 2. The zero-order chi connectivity index (χ0) is 28.1. The molecule has 0 bridgehead atoms. The topological polar surface area (TPSA) is 122 Å².